The molecule has 0 aliphatic heterocycles. The van der Waals surface area contributed by atoms with Crippen LogP contribution in [0.2, 0.25) is 0 Å². The van der Waals surface area contributed by atoms with Crippen LogP contribution in [0.15, 0.2) is 82.6 Å². The first-order valence-electron chi connectivity index (χ1n) is 10.6. The van der Waals surface area contributed by atoms with Crippen LogP contribution in [0, 0.1) is 5.82 Å². The van der Waals surface area contributed by atoms with Gasteiger partial charge in [0.05, 0.1) is 20.6 Å². The Kier molecular flexibility index (Phi) is 10.8. The summed E-state index contributed by atoms with van der Waals surface area (Å²) in [6, 6.07) is 16.9. The molecule has 0 aliphatic rings. The maximum atomic E-state index is 13.7. The van der Waals surface area contributed by atoms with Crippen molar-refractivity contribution in [1.29, 1.82) is 0 Å². The lowest BCUT2D eigenvalue weighted by Crippen LogP contribution is -2.31. The summed E-state index contributed by atoms with van der Waals surface area (Å²) >= 11 is 0. The van der Waals surface area contributed by atoms with E-state index in [1.54, 1.807) is 37.3 Å². The smallest absolute Gasteiger partial charge is 0.406 e. The van der Waals surface area contributed by atoms with Crippen LogP contribution in [0.3, 0.4) is 0 Å². The molecule has 37 heavy (non-hydrogen) atoms. The number of alkyl halides is 6. The highest BCUT2D eigenvalue weighted by atomic mass is 32.2. The third-order valence-electron chi connectivity index (χ3n) is 4.68. The monoisotopic (exact) mass is 569 g/mol. The van der Waals surface area contributed by atoms with Gasteiger partial charge in [-0.1, -0.05) is 55.5 Å². The molecule has 0 aliphatic carbocycles. The Labute approximate surface area is 213 Å². The number of ether oxygens (including phenoxy) is 1. The van der Waals surface area contributed by atoms with Gasteiger partial charge in [-0.15, -0.1) is 13.2 Å². The van der Waals surface area contributed by atoms with Crippen LogP contribution in [0.5, 0.6) is 5.75 Å². The van der Waals surface area contributed by atoms with Gasteiger partial charge < -0.3 is 4.74 Å². The summed E-state index contributed by atoms with van der Waals surface area (Å²) in [6.45, 7) is 3.29. The Morgan fingerprint density at radius 3 is 2.00 bits per heavy atom. The van der Waals surface area contributed by atoms with Crippen molar-refractivity contribution in [3.8, 4) is 5.75 Å². The fraction of sp³-hybridized carbons (Fsp3) is 0.250. The summed E-state index contributed by atoms with van der Waals surface area (Å²) in [7, 11) is -4.95. The first-order valence-corrected chi connectivity index (χ1v) is 12.9. The van der Waals surface area contributed by atoms with Gasteiger partial charge >= 0.3 is 11.9 Å². The predicted octanol–water partition coefficient (Wildman–Crippen LogP) is 6.97. The normalized spacial score (nSPS) is 14.2. The molecule has 0 heterocycles. The Balaban J connectivity index is 0.000000281. The van der Waals surface area contributed by atoms with Gasteiger partial charge in [0.15, 0.2) is 11.0 Å². The summed E-state index contributed by atoms with van der Waals surface area (Å²) in [4.78, 5) is 0.0238. The minimum absolute atomic E-state index is 0.0821. The number of nitrogens with one attached hydrogen (secondary N) is 1. The van der Waals surface area contributed by atoms with E-state index in [0.717, 1.165) is 18.2 Å². The fourth-order valence-corrected chi connectivity index (χ4v) is 4.90. The Morgan fingerprint density at radius 2 is 1.46 bits per heavy atom. The summed E-state index contributed by atoms with van der Waals surface area (Å²) in [5, 5.41) is 0. The first-order chi connectivity index (χ1) is 17.2. The molecular formula is C24H22F7NO3S2. The van der Waals surface area contributed by atoms with Gasteiger partial charge in [-0.2, -0.15) is 13.2 Å². The zero-order chi connectivity index (χ0) is 27.8. The van der Waals surface area contributed by atoms with Crippen molar-refractivity contribution in [2.24, 2.45) is 0 Å². The third kappa shape index (κ3) is 9.56. The van der Waals surface area contributed by atoms with Crippen LogP contribution in [-0.4, -0.2) is 20.3 Å². The second-order valence-corrected chi connectivity index (χ2v) is 9.99. The van der Waals surface area contributed by atoms with Crippen molar-refractivity contribution in [3.63, 3.8) is 0 Å². The quantitative estimate of drug-likeness (QED) is 0.313. The zero-order valence-corrected chi connectivity index (χ0v) is 21.0. The van der Waals surface area contributed by atoms with Crippen LogP contribution < -0.4 is 9.46 Å². The lowest BCUT2D eigenvalue weighted by molar-refractivity contribution is -0.274. The third-order valence-corrected chi connectivity index (χ3v) is 7.18. The first kappa shape index (κ1) is 30.5. The lowest BCUT2D eigenvalue weighted by atomic mass is 10.1. The van der Waals surface area contributed by atoms with Gasteiger partial charge in [-0.3, -0.25) is 0 Å². The van der Waals surface area contributed by atoms with E-state index in [2.05, 4.69) is 4.74 Å². The van der Waals surface area contributed by atoms with E-state index in [4.69, 9.17) is 0 Å². The molecule has 202 valence electrons. The molecule has 2 unspecified atom stereocenters. The highest BCUT2D eigenvalue weighted by Gasteiger charge is 2.38. The Morgan fingerprint density at radius 1 is 0.865 bits per heavy atom. The molecule has 0 saturated carbocycles. The molecule has 4 nitrogen and oxygen atoms in total. The molecule has 0 amide bonds. The number of benzene rings is 3. The molecule has 0 saturated heterocycles. The van der Waals surface area contributed by atoms with E-state index >= 15 is 0 Å². The topological polar surface area (TPSA) is 55.4 Å². The zero-order valence-electron chi connectivity index (χ0n) is 19.4. The second-order valence-electron chi connectivity index (χ2n) is 7.33. The molecule has 0 spiro atoms. The number of rotatable bonds is 7. The number of aryl methyl sites for hydroxylation is 1. The summed E-state index contributed by atoms with van der Waals surface area (Å²) in [5.41, 5.74) is -3.49. The van der Waals surface area contributed by atoms with Crippen LogP contribution in [0.4, 0.5) is 30.7 Å². The van der Waals surface area contributed by atoms with Crippen molar-refractivity contribution >= 4 is 21.8 Å². The second kappa shape index (κ2) is 13.2. The minimum atomic E-state index is -4.84. The van der Waals surface area contributed by atoms with E-state index < -0.39 is 51.3 Å². The summed E-state index contributed by atoms with van der Waals surface area (Å²) < 4.78 is 116. The molecular weight excluding hydrogens is 547 g/mol. The van der Waals surface area contributed by atoms with Crippen molar-refractivity contribution in [2.75, 3.05) is 0 Å². The van der Waals surface area contributed by atoms with Gasteiger partial charge in [0.2, 0.25) is 0 Å². The van der Waals surface area contributed by atoms with E-state index in [1.165, 1.54) is 31.2 Å². The largest absolute Gasteiger partial charge is 0.573 e. The fourth-order valence-electron chi connectivity index (χ4n) is 2.95. The van der Waals surface area contributed by atoms with Gasteiger partial charge in [0.25, 0.3) is 0 Å². The predicted molar refractivity (Wildman–Crippen MR) is 126 cm³/mol. The molecule has 0 bridgehead atoms. The molecule has 3 aromatic carbocycles. The van der Waals surface area contributed by atoms with Crippen molar-refractivity contribution in [1.82, 2.24) is 4.72 Å². The van der Waals surface area contributed by atoms with Crippen molar-refractivity contribution in [2.45, 2.75) is 48.0 Å². The highest BCUT2D eigenvalue weighted by Crippen LogP contribution is 2.30. The van der Waals surface area contributed by atoms with E-state index in [-0.39, 0.29) is 9.79 Å². The average molecular weight is 570 g/mol. The van der Waals surface area contributed by atoms with Gasteiger partial charge in [-0.05, 0) is 48.7 Å². The van der Waals surface area contributed by atoms with E-state index in [1.807, 2.05) is 4.72 Å². The molecule has 3 atom stereocenters. The number of hydrogen-bond acceptors (Lipinski definition) is 3. The minimum Gasteiger partial charge on any atom is -0.406 e. The van der Waals surface area contributed by atoms with Crippen LogP contribution in [0.25, 0.3) is 0 Å². The molecule has 0 radical (unpaired) electrons. The average Bonchev–Trinajstić information content (AvgIpc) is 2.83. The molecule has 13 heteroatoms. The molecule has 3 rings (SSSR count). The maximum Gasteiger partial charge on any atom is 0.573 e. The van der Waals surface area contributed by atoms with Crippen LogP contribution in [0.1, 0.15) is 31.0 Å². The van der Waals surface area contributed by atoms with E-state index in [0.29, 0.717) is 17.5 Å². The van der Waals surface area contributed by atoms with E-state index in [9.17, 15) is 39.2 Å². The number of halogens is 7. The molecule has 1 N–H and O–H groups in total. The van der Waals surface area contributed by atoms with Crippen molar-refractivity contribution < 1.29 is 43.9 Å². The number of hydrogen-bond donors (Lipinski definition) is 1. The highest BCUT2D eigenvalue weighted by molar-refractivity contribution is 7.85. The lowest BCUT2D eigenvalue weighted by Gasteiger charge is -2.14. The van der Waals surface area contributed by atoms with Crippen LogP contribution >= 0.6 is 0 Å². The molecule has 0 fully saturated rings. The maximum absolute atomic E-state index is 13.7. The van der Waals surface area contributed by atoms with Crippen LogP contribution in [-0.2, 0) is 28.2 Å². The molecule has 3 aromatic rings. The standard InChI is InChI=1S/C15H12F4O2S.C9H10F3NOS/c1-2-10-7-8-11(21-15(17,18)19)9-14(10)22(20)13-6-4-3-5-12(13)16;1-7(8-5-3-2-4-6-8)13-15(14)9(10,11)12/h3-9H,2H2,1H3;2-7,13H,1H3/t;7-,15?/m.0/s1. The van der Waals surface area contributed by atoms with Gasteiger partial charge in [-0.25, -0.2) is 17.5 Å². The van der Waals surface area contributed by atoms with Gasteiger partial charge in [0.1, 0.15) is 11.6 Å². The Hall–Kier alpha value is -2.77. The van der Waals surface area contributed by atoms with Crippen molar-refractivity contribution in [3.05, 3.63) is 89.7 Å². The van der Waals surface area contributed by atoms with Gasteiger partial charge in [0, 0.05) is 6.04 Å². The summed E-state index contributed by atoms with van der Waals surface area (Å²) in [6.07, 6.45) is -4.40. The Bertz CT molecular complexity index is 1220. The summed E-state index contributed by atoms with van der Waals surface area (Å²) in [5.74, 6) is -1.16. The molecule has 0 aromatic heterocycles. The SMILES string of the molecule is CCc1ccc(OC(F)(F)F)cc1S(=O)c1ccccc1F.C[C@H](NS(=O)C(F)(F)F)c1ccccc1.